The summed E-state index contributed by atoms with van der Waals surface area (Å²) in [5.41, 5.74) is 1.74. The molecule has 164 valence electrons. The molecular formula is C22H22Cl2N2O4S. The number of nitrogens with one attached hydrogen (secondary N) is 1. The molecule has 0 aliphatic rings. The Bertz CT molecular complexity index is 1050. The van der Waals surface area contributed by atoms with Gasteiger partial charge in [0.05, 0.1) is 35.4 Å². The van der Waals surface area contributed by atoms with Gasteiger partial charge in [-0.25, -0.2) is 4.79 Å². The zero-order valence-corrected chi connectivity index (χ0v) is 19.9. The van der Waals surface area contributed by atoms with E-state index in [1.54, 1.807) is 13.8 Å². The maximum absolute atomic E-state index is 12.9. The quantitative estimate of drug-likeness (QED) is 0.264. The summed E-state index contributed by atoms with van der Waals surface area (Å²) in [5, 5.41) is 12.4. The van der Waals surface area contributed by atoms with E-state index in [2.05, 4.69) is 5.32 Å². The summed E-state index contributed by atoms with van der Waals surface area (Å²) >= 11 is 13.7. The van der Waals surface area contributed by atoms with Gasteiger partial charge in [0.1, 0.15) is 5.00 Å². The number of carbonyl (C=O) groups is 2. The Labute approximate surface area is 195 Å². The number of carbonyl (C=O) groups excluding carboxylic acids is 2. The monoisotopic (exact) mass is 480 g/mol. The Morgan fingerprint density at radius 2 is 1.94 bits per heavy atom. The van der Waals surface area contributed by atoms with Crippen LogP contribution in [0, 0.1) is 18.3 Å². The molecule has 1 amide bonds. The number of nitriles is 1. The van der Waals surface area contributed by atoms with Crippen LogP contribution in [0.1, 0.15) is 57.8 Å². The number of nitrogens with zero attached hydrogens (tertiary/aromatic N) is 1. The lowest BCUT2D eigenvalue weighted by Gasteiger charge is -2.12. The smallest absolute Gasteiger partial charge is 0.341 e. The first-order valence-corrected chi connectivity index (χ1v) is 11.0. The fourth-order valence-corrected chi connectivity index (χ4v) is 4.57. The van der Waals surface area contributed by atoms with Gasteiger partial charge in [-0.05, 0) is 43.5 Å². The van der Waals surface area contributed by atoms with E-state index in [9.17, 15) is 9.59 Å². The topological polar surface area (TPSA) is 88.4 Å². The van der Waals surface area contributed by atoms with Gasteiger partial charge < -0.3 is 14.8 Å². The number of rotatable bonds is 8. The Balaban J connectivity index is 2.39. The maximum atomic E-state index is 12.9. The van der Waals surface area contributed by atoms with Crippen LogP contribution >= 0.6 is 34.5 Å². The molecule has 0 unspecified atom stereocenters. The minimum Gasteiger partial charge on any atom is -0.490 e. The van der Waals surface area contributed by atoms with Crippen LogP contribution in [0.3, 0.4) is 0 Å². The minimum absolute atomic E-state index is 0.213. The molecule has 0 fully saturated rings. The highest BCUT2D eigenvalue weighted by Crippen LogP contribution is 2.39. The zero-order valence-electron chi connectivity index (χ0n) is 17.6. The average molecular weight is 481 g/mol. The summed E-state index contributed by atoms with van der Waals surface area (Å²) in [6, 6.07) is 4.89. The summed E-state index contributed by atoms with van der Waals surface area (Å²) in [5.74, 6) is -0.755. The molecule has 6 nitrogen and oxygen atoms in total. The van der Waals surface area contributed by atoms with E-state index in [1.807, 2.05) is 13.0 Å². The van der Waals surface area contributed by atoms with E-state index in [1.165, 1.54) is 36.7 Å². The molecule has 0 aliphatic carbocycles. The molecule has 0 radical (unpaired) electrons. The molecule has 1 aromatic carbocycles. The molecule has 1 N–H and O–H groups in total. The van der Waals surface area contributed by atoms with Crippen molar-refractivity contribution in [2.75, 3.05) is 19.0 Å². The molecule has 0 atom stereocenters. The van der Waals surface area contributed by atoms with E-state index in [0.29, 0.717) is 33.4 Å². The Morgan fingerprint density at radius 3 is 2.48 bits per heavy atom. The van der Waals surface area contributed by atoms with Gasteiger partial charge in [0.2, 0.25) is 0 Å². The minimum atomic E-state index is -0.587. The molecule has 0 spiro atoms. The second kappa shape index (κ2) is 11.2. The SMILES string of the molecule is CCCCOc1c(Cl)cc(C(=O)Nc2sc(C(C)=CC#N)c(C)c2C(=O)OC)cc1Cl. The van der Waals surface area contributed by atoms with Gasteiger partial charge >= 0.3 is 5.97 Å². The number of ether oxygens (including phenoxy) is 2. The third-order valence-corrected chi connectivity index (χ3v) is 6.31. The van der Waals surface area contributed by atoms with Crippen LogP contribution in [0.25, 0.3) is 5.57 Å². The van der Waals surface area contributed by atoms with E-state index in [0.717, 1.165) is 12.8 Å². The molecule has 0 aliphatic heterocycles. The van der Waals surface area contributed by atoms with Crippen LogP contribution in [0.2, 0.25) is 10.0 Å². The van der Waals surface area contributed by atoms with E-state index >= 15 is 0 Å². The number of halogens is 2. The molecule has 1 aromatic heterocycles. The summed E-state index contributed by atoms with van der Waals surface area (Å²) in [6.45, 7) is 6.00. The summed E-state index contributed by atoms with van der Waals surface area (Å²) in [6.07, 6.45) is 3.19. The number of methoxy groups -OCH3 is 1. The normalized spacial score (nSPS) is 11.1. The highest BCUT2D eigenvalue weighted by atomic mass is 35.5. The van der Waals surface area contributed by atoms with Gasteiger partial charge in [0.25, 0.3) is 5.91 Å². The molecule has 9 heteroatoms. The lowest BCUT2D eigenvalue weighted by molar-refractivity contribution is 0.0601. The van der Waals surface area contributed by atoms with Gasteiger partial charge in [-0.1, -0.05) is 36.5 Å². The van der Waals surface area contributed by atoms with Crippen molar-refractivity contribution in [1.82, 2.24) is 0 Å². The number of anilines is 1. The lowest BCUT2D eigenvalue weighted by Crippen LogP contribution is -2.14. The van der Waals surface area contributed by atoms with Gasteiger partial charge in [-0.15, -0.1) is 11.3 Å². The summed E-state index contributed by atoms with van der Waals surface area (Å²) in [7, 11) is 1.26. The van der Waals surface area contributed by atoms with Crippen molar-refractivity contribution in [3.8, 4) is 11.8 Å². The molecule has 2 rings (SSSR count). The number of benzene rings is 1. The number of hydrogen-bond donors (Lipinski definition) is 1. The zero-order chi connectivity index (χ0) is 23.1. The second-order valence-corrected chi connectivity index (χ2v) is 8.47. The number of esters is 1. The molecular weight excluding hydrogens is 459 g/mol. The van der Waals surface area contributed by atoms with Crippen molar-refractivity contribution in [2.45, 2.75) is 33.6 Å². The van der Waals surface area contributed by atoms with Crippen LogP contribution in [-0.4, -0.2) is 25.6 Å². The molecule has 0 saturated carbocycles. The molecule has 31 heavy (non-hydrogen) atoms. The fourth-order valence-electron chi connectivity index (χ4n) is 2.81. The van der Waals surface area contributed by atoms with Crippen LogP contribution in [-0.2, 0) is 4.74 Å². The van der Waals surface area contributed by atoms with Crippen molar-refractivity contribution in [1.29, 1.82) is 5.26 Å². The Morgan fingerprint density at radius 1 is 1.29 bits per heavy atom. The molecule has 0 saturated heterocycles. The highest BCUT2D eigenvalue weighted by Gasteiger charge is 2.24. The van der Waals surface area contributed by atoms with E-state index in [4.69, 9.17) is 37.9 Å². The highest BCUT2D eigenvalue weighted by molar-refractivity contribution is 7.18. The largest absolute Gasteiger partial charge is 0.490 e. The number of hydrogen-bond acceptors (Lipinski definition) is 6. The number of thiophene rings is 1. The van der Waals surface area contributed by atoms with Crippen LogP contribution < -0.4 is 10.1 Å². The second-order valence-electron chi connectivity index (χ2n) is 6.63. The average Bonchev–Trinajstić information content (AvgIpc) is 3.05. The summed E-state index contributed by atoms with van der Waals surface area (Å²) < 4.78 is 10.5. The Kier molecular flexibility index (Phi) is 8.93. The standard InChI is InChI=1S/C22H22Cl2N2O4S/c1-5-6-9-30-18-15(23)10-14(11-16(18)24)20(27)26-21-17(22(28)29-4)13(3)19(31-21)12(2)7-8-25/h7,10-11H,5-6,9H2,1-4H3,(H,26,27). The Hall–Kier alpha value is -2.53. The first-order valence-electron chi connectivity index (χ1n) is 9.46. The fraction of sp³-hybridized carbons (Fsp3) is 0.318. The van der Waals surface area contributed by atoms with Crippen molar-refractivity contribution in [2.24, 2.45) is 0 Å². The van der Waals surface area contributed by atoms with Crippen molar-refractivity contribution in [3.05, 3.63) is 49.8 Å². The maximum Gasteiger partial charge on any atom is 0.341 e. The van der Waals surface area contributed by atoms with Crippen molar-refractivity contribution >= 4 is 57.0 Å². The summed E-state index contributed by atoms with van der Waals surface area (Å²) in [4.78, 5) is 25.9. The third-order valence-electron chi connectivity index (χ3n) is 4.41. The first-order chi connectivity index (χ1) is 14.7. The van der Waals surface area contributed by atoms with Crippen molar-refractivity contribution in [3.63, 3.8) is 0 Å². The van der Waals surface area contributed by atoms with Crippen LogP contribution in [0.5, 0.6) is 5.75 Å². The third kappa shape index (κ3) is 5.79. The predicted octanol–water partition coefficient (Wildman–Crippen LogP) is 6.51. The van der Waals surface area contributed by atoms with Gasteiger partial charge in [0.15, 0.2) is 5.75 Å². The van der Waals surface area contributed by atoms with E-state index < -0.39 is 11.9 Å². The predicted molar refractivity (Wildman–Crippen MR) is 124 cm³/mol. The number of allylic oxidation sites excluding steroid dienone is 2. The van der Waals surface area contributed by atoms with Gasteiger partial charge in [0, 0.05) is 16.5 Å². The van der Waals surface area contributed by atoms with Crippen LogP contribution in [0.15, 0.2) is 18.2 Å². The molecule has 2 aromatic rings. The number of unbranched alkanes of at least 4 members (excludes halogenated alkanes) is 1. The molecule has 1 heterocycles. The van der Waals surface area contributed by atoms with Gasteiger partial charge in [-0.3, -0.25) is 4.79 Å². The van der Waals surface area contributed by atoms with Gasteiger partial charge in [-0.2, -0.15) is 5.26 Å². The van der Waals surface area contributed by atoms with E-state index in [-0.39, 0.29) is 21.2 Å². The van der Waals surface area contributed by atoms with Crippen molar-refractivity contribution < 1.29 is 19.1 Å². The number of amides is 1. The van der Waals surface area contributed by atoms with Crippen LogP contribution in [0.4, 0.5) is 5.00 Å². The molecule has 0 bridgehead atoms. The lowest BCUT2D eigenvalue weighted by atomic mass is 10.1. The first kappa shape index (κ1) is 24.7.